The third kappa shape index (κ3) is 65.0. The molecule has 0 aliphatic rings. The predicted octanol–water partition coefficient (Wildman–Crippen LogP) is 23.2. The van der Waals surface area contributed by atoms with Crippen LogP contribution in [0.5, 0.6) is 0 Å². The van der Waals surface area contributed by atoms with Crippen LogP contribution >= 0.6 is 0 Å². The molecule has 0 saturated heterocycles. The van der Waals surface area contributed by atoms with Crippen molar-refractivity contribution in [2.24, 2.45) is 0 Å². The molecular weight excluding hydrogens is 973 g/mol. The van der Waals surface area contributed by atoms with Crippen LogP contribution in [0.1, 0.15) is 329 Å². The first-order valence-electron chi connectivity index (χ1n) is 33.7. The van der Waals surface area contributed by atoms with Crippen molar-refractivity contribution in [3.05, 3.63) is 97.2 Å². The van der Waals surface area contributed by atoms with E-state index in [1.165, 1.54) is 186 Å². The molecule has 0 aromatic rings. The predicted molar refractivity (Wildman–Crippen MR) is 344 cm³/mol. The summed E-state index contributed by atoms with van der Waals surface area (Å²) in [5.41, 5.74) is 0. The molecule has 0 aliphatic carbocycles. The van der Waals surface area contributed by atoms with Gasteiger partial charge in [-0.1, -0.05) is 285 Å². The maximum absolute atomic E-state index is 12.9. The minimum Gasteiger partial charge on any atom is -0.462 e. The van der Waals surface area contributed by atoms with Gasteiger partial charge in [0, 0.05) is 19.3 Å². The highest BCUT2D eigenvalue weighted by molar-refractivity contribution is 5.71. The summed E-state index contributed by atoms with van der Waals surface area (Å²) in [6, 6.07) is 0. The zero-order valence-electron chi connectivity index (χ0n) is 52.1. The van der Waals surface area contributed by atoms with Crippen LogP contribution < -0.4 is 0 Å². The summed E-state index contributed by atoms with van der Waals surface area (Å²) in [5, 5.41) is 0. The molecule has 0 rings (SSSR count). The number of unbranched alkanes of at least 4 members (excludes halogenated alkanes) is 34. The molecule has 454 valence electrons. The van der Waals surface area contributed by atoms with E-state index < -0.39 is 6.10 Å². The van der Waals surface area contributed by atoms with Crippen LogP contribution in [0.4, 0.5) is 0 Å². The maximum atomic E-state index is 12.9. The number of allylic oxidation sites excluding steroid dienone is 16. The van der Waals surface area contributed by atoms with Crippen LogP contribution in [0.25, 0.3) is 0 Å². The Balaban J connectivity index is 4.31. The van der Waals surface area contributed by atoms with Gasteiger partial charge in [0.05, 0.1) is 0 Å². The number of ether oxygens (including phenoxy) is 3. The van der Waals surface area contributed by atoms with Crippen LogP contribution in [0.15, 0.2) is 97.2 Å². The van der Waals surface area contributed by atoms with Crippen molar-refractivity contribution in [2.75, 3.05) is 13.2 Å². The molecule has 0 radical (unpaired) electrons. The van der Waals surface area contributed by atoms with Crippen molar-refractivity contribution >= 4 is 17.9 Å². The first-order valence-corrected chi connectivity index (χ1v) is 33.7. The zero-order chi connectivity index (χ0) is 57.1. The third-order valence-electron chi connectivity index (χ3n) is 14.5. The molecular formula is C73H126O6. The highest BCUT2D eigenvalue weighted by atomic mass is 16.6. The SMILES string of the molecule is CC/C=C\C/C=C\C/C=C\C/C=C\C/C=C\C/C=C\CCCCCCCCCCCCC(=O)OCC(COC(=O)CCCCCCC/C=C\CCCCCCC)OC(=O)CCCCCCCCC/C=C\CCCCCCCCC. The molecule has 6 heteroatoms. The summed E-state index contributed by atoms with van der Waals surface area (Å²) in [6.07, 6.45) is 89.9. The third-order valence-corrected chi connectivity index (χ3v) is 14.5. The molecule has 0 aromatic heterocycles. The molecule has 1 unspecified atom stereocenters. The Morgan fingerprint density at radius 1 is 0.266 bits per heavy atom. The first kappa shape index (κ1) is 75.3. The minimum absolute atomic E-state index is 0.0825. The molecule has 0 aliphatic heterocycles. The largest absolute Gasteiger partial charge is 0.462 e. The first-order chi connectivity index (χ1) is 39.0. The van der Waals surface area contributed by atoms with E-state index in [4.69, 9.17) is 14.2 Å². The number of hydrogen-bond donors (Lipinski definition) is 0. The normalized spacial score (nSPS) is 12.7. The van der Waals surface area contributed by atoms with Gasteiger partial charge in [-0.2, -0.15) is 0 Å². The second-order valence-electron chi connectivity index (χ2n) is 22.3. The molecule has 6 nitrogen and oxygen atoms in total. The van der Waals surface area contributed by atoms with Gasteiger partial charge in [0.15, 0.2) is 6.10 Å². The number of carbonyl (C=O) groups is 3. The fourth-order valence-electron chi connectivity index (χ4n) is 9.50. The Morgan fingerprint density at radius 3 is 0.785 bits per heavy atom. The van der Waals surface area contributed by atoms with Crippen molar-refractivity contribution in [3.8, 4) is 0 Å². The van der Waals surface area contributed by atoms with Gasteiger partial charge in [0.1, 0.15) is 13.2 Å². The van der Waals surface area contributed by atoms with Gasteiger partial charge in [0.2, 0.25) is 0 Å². The lowest BCUT2D eigenvalue weighted by molar-refractivity contribution is -0.167. The second-order valence-corrected chi connectivity index (χ2v) is 22.3. The Kier molecular flexibility index (Phi) is 63.7. The standard InChI is InChI=1S/C73H126O6/c1-4-7-10-13-16-19-22-25-28-30-32-33-34-35-36-37-38-39-40-41-42-44-45-48-51-54-57-60-63-66-72(75)78-69-70(68-77-71(74)65-62-59-56-53-50-47-27-24-21-18-15-12-9-6-3)79-73(76)67-64-61-58-55-52-49-46-43-31-29-26-23-20-17-14-11-8-5-2/h7,10,16,19,24-25,27-29,31-33,35-36,38-39,70H,4-6,8-9,11-15,17-18,20-23,26,30,34,37,40-69H2,1-3H3/b10-7-,19-16-,27-24-,28-25-,31-29-,33-32-,36-35-,39-38-. The maximum Gasteiger partial charge on any atom is 0.306 e. The Labute approximate surface area is 489 Å². The number of esters is 3. The highest BCUT2D eigenvalue weighted by Crippen LogP contribution is 2.16. The van der Waals surface area contributed by atoms with Gasteiger partial charge in [-0.05, 0) is 122 Å². The minimum atomic E-state index is -0.786. The average Bonchev–Trinajstić information content (AvgIpc) is 3.45. The van der Waals surface area contributed by atoms with E-state index in [1.807, 2.05) is 0 Å². The second kappa shape index (κ2) is 66.8. The van der Waals surface area contributed by atoms with Gasteiger partial charge in [-0.15, -0.1) is 0 Å². The quantitative estimate of drug-likeness (QED) is 0.0261. The van der Waals surface area contributed by atoms with Gasteiger partial charge in [0.25, 0.3) is 0 Å². The van der Waals surface area contributed by atoms with Crippen LogP contribution in [0.3, 0.4) is 0 Å². The van der Waals surface area contributed by atoms with Gasteiger partial charge in [-0.3, -0.25) is 14.4 Å². The molecule has 0 amide bonds. The molecule has 0 bridgehead atoms. The fourth-order valence-corrected chi connectivity index (χ4v) is 9.50. The van der Waals surface area contributed by atoms with E-state index >= 15 is 0 Å². The lowest BCUT2D eigenvalue weighted by atomic mass is 10.1. The van der Waals surface area contributed by atoms with E-state index in [9.17, 15) is 14.4 Å². The zero-order valence-corrected chi connectivity index (χ0v) is 52.1. The topological polar surface area (TPSA) is 78.9 Å². The summed E-state index contributed by atoms with van der Waals surface area (Å²) < 4.78 is 16.9. The molecule has 0 spiro atoms. The Morgan fingerprint density at radius 2 is 0.494 bits per heavy atom. The van der Waals surface area contributed by atoms with E-state index in [-0.39, 0.29) is 31.1 Å². The van der Waals surface area contributed by atoms with Crippen LogP contribution in [0, 0.1) is 0 Å². The molecule has 79 heavy (non-hydrogen) atoms. The van der Waals surface area contributed by atoms with Crippen molar-refractivity contribution < 1.29 is 28.6 Å². The summed E-state index contributed by atoms with van der Waals surface area (Å²) >= 11 is 0. The number of rotatable bonds is 61. The van der Waals surface area contributed by atoms with Gasteiger partial charge in [-0.25, -0.2) is 0 Å². The van der Waals surface area contributed by atoms with E-state index in [0.717, 1.165) is 103 Å². The van der Waals surface area contributed by atoms with Crippen LogP contribution in [-0.2, 0) is 28.6 Å². The van der Waals surface area contributed by atoms with Gasteiger partial charge < -0.3 is 14.2 Å². The van der Waals surface area contributed by atoms with Crippen LogP contribution in [-0.4, -0.2) is 37.2 Å². The summed E-state index contributed by atoms with van der Waals surface area (Å²) in [4.78, 5) is 38.4. The van der Waals surface area contributed by atoms with Crippen molar-refractivity contribution in [2.45, 2.75) is 335 Å². The smallest absolute Gasteiger partial charge is 0.306 e. The van der Waals surface area contributed by atoms with Crippen molar-refractivity contribution in [3.63, 3.8) is 0 Å². The molecule has 0 fully saturated rings. The summed E-state index contributed by atoms with van der Waals surface area (Å²) in [6.45, 7) is 6.53. The molecule has 0 heterocycles. The summed E-state index contributed by atoms with van der Waals surface area (Å²) in [7, 11) is 0. The monoisotopic (exact) mass is 1100 g/mol. The van der Waals surface area contributed by atoms with E-state index in [1.54, 1.807) is 0 Å². The Bertz CT molecular complexity index is 1540. The lowest BCUT2D eigenvalue weighted by Crippen LogP contribution is -2.30. The summed E-state index contributed by atoms with van der Waals surface area (Å²) in [5.74, 6) is -0.887. The van der Waals surface area contributed by atoms with Crippen LogP contribution in [0.2, 0.25) is 0 Å². The Hall–Kier alpha value is -3.67. The van der Waals surface area contributed by atoms with E-state index in [2.05, 4.69) is 118 Å². The fraction of sp³-hybridized carbons (Fsp3) is 0.740. The molecule has 0 N–H and O–H groups in total. The average molecular weight is 1100 g/mol. The van der Waals surface area contributed by atoms with E-state index in [0.29, 0.717) is 19.3 Å². The lowest BCUT2D eigenvalue weighted by Gasteiger charge is -2.18. The number of hydrogen-bond acceptors (Lipinski definition) is 6. The van der Waals surface area contributed by atoms with Crippen molar-refractivity contribution in [1.29, 1.82) is 0 Å². The molecule has 1 atom stereocenters. The number of carbonyl (C=O) groups excluding carboxylic acids is 3. The molecule has 0 aromatic carbocycles. The van der Waals surface area contributed by atoms with Gasteiger partial charge >= 0.3 is 17.9 Å². The highest BCUT2D eigenvalue weighted by Gasteiger charge is 2.19. The molecule has 0 saturated carbocycles. The van der Waals surface area contributed by atoms with Crippen molar-refractivity contribution in [1.82, 2.24) is 0 Å².